The van der Waals surface area contributed by atoms with Crippen LogP contribution < -0.4 is 14.9 Å². The summed E-state index contributed by atoms with van der Waals surface area (Å²) in [6.45, 7) is 6.92. The molecule has 0 atom stereocenters. The van der Waals surface area contributed by atoms with E-state index in [0.717, 1.165) is 17.9 Å². The Bertz CT molecular complexity index is 591. The van der Waals surface area contributed by atoms with Crippen molar-refractivity contribution in [3.8, 4) is 0 Å². The Hall–Kier alpha value is -1.97. The Balaban J connectivity index is 2.34. The first-order valence-corrected chi connectivity index (χ1v) is 6.05. The number of anilines is 1. The third-order valence-electron chi connectivity index (χ3n) is 3.32. The largest absolute Gasteiger partial charge is 0.362 e. The van der Waals surface area contributed by atoms with E-state index < -0.39 is 0 Å². The number of nitrogens with zero attached hydrogens (tertiary/aromatic N) is 3. The van der Waals surface area contributed by atoms with Gasteiger partial charge in [0.25, 0.3) is 11.6 Å². The van der Waals surface area contributed by atoms with Gasteiger partial charge in [-0.25, -0.2) is 9.13 Å². The van der Waals surface area contributed by atoms with Crippen LogP contribution in [0.4, 0.5) is 5.82 Å². The van der Waals surface area contributed by atoms with Gasteiger partial charge in [-0.3, -0.25) is 0 Å². The molecule has 0 aliphatic carbocycles. The molecule has 2 rings (SSSR count). The van der Waals surface area contributed by atoms with Crippen molar-refractivity contribution < 1.29 is 9.13 Å². The zero-order chi connectivity index (χ0) is 13.3. The summed E-state index contributed by atoms with van der Waals surface area (Å²) in [5.41, 5.74) is 9.58. The molecule has 0 fully saturated rings. The Morgan fingerprint density at radius 2 is 1.89 bits per heavy atom. The molecule has 2 aromatic heterocycles. The molecule has 0 unspecified atom stereocenters. The fourth-order valence-corrected chi connectivity index (χ4v) is 1.87. The lowest BCUT2D eigenvalue weighted by atomic mass is 10.2. The molecule has 0 aromatic carbocycles. The van der Waals surface area contributed by atoms with Gasteiger partial charge < -0.3 is 5.73 Å². The standard InChI is InChI=1S/C14H19N4/c1-10-5-6-18(7-11(10)2)9-13-8-17(4)12(3)16-14(13)15/h5-8,15H,9H2,1-4H3/q+1/p+1. The summed E-state index contributed by atoms with van der Waals surface area (Å²) in [7, 11) is 1.98. The second-order valence-electron chi connectivity index (χ2n) is 4.79. The highest BCUT2D eigenvalue weighted by Gasteiger charge is 2.16. The summed E-state index contributed by atoms with van der Waals surface area (Å²) >= 11 is 0. The maximum absolute atomic E-state index is 5.97. The summed E-state index contributed by atoms with van der Waals surface area (Å²) in [4.78, 5) is 4.34. The van der Waals surface area contributed by atoms with Crippen molar-refractivity contribution in [3.63, 3.8) is 0 Å². The fourth-order valence-electron chi connectivity index (χ4n) is 1.87. The summed E-state index contributed by atoms with van der Waals surface area (Å²) in [6, 6.07) is 2.12. The smallest absolute Gasteiger partial charge is 0.297 e. The van der Waals surface area contributed by atoms with Crippen LogP contribution in [0.25, 0.3) is 0 Å². The molecular weight excluding hydrogens is 224 g/mol. The Labute approximate surface area is 108 Å². The van der Waals surface area contributed by atoms with E-state index in [1.807, 2.05) is 24.7 Å². The number of aromatic nitrogens is 3. The van der Waals surface area contributed by atoms with E-state index >= 15 is 0 Å². The molecular formula is C14H20N4+2. The van der Waals surface area contributed by atoms with Gasteiger partial charge in [-0.1, -0.05) is 0 Å². The molecule has 2 heterocycles. The third kappa shape index (κ3) is 2.47. The molecule has 18 heavy (non-hydrogen) atoms. The number of hydrogen-bond acceptors (Lipinski definition) is 2. The number of nitrogen functional groups attached to an aromatic ring is 1. The van der Waals surface area contributed by atoms with Crippen LogP contribution in [0.1, 0.15) is 22.5 Å². The number of hydrogen-bond donors (Lipinski definition) is 1. The van der Waals surface area contributed by atoms with E-state index in [0.29, 0.717) is 5.82 Å². The molecule has 0 saturated carbocycles. The topological polar surface area (TPSA) is 46.7 Å². The molecule has 0 spiro atoms. The van der Waals surface area contributed by atoms with Gasteiger partial charge >= 0.3 is 0 Å². The fraction of sp³-hybridized carbons (Fsp3) is 0.357. The normalized spacial score (nSPS) is 10.7. The Kier molecular flexibility index (Phi) is 3.28. The maximum Gasteiger partial charge on any atom is 0.297 e. The van der Waals surface area contributed by atoms with Crippen LogP contribution in [0.3, 0.4) is 0 Å². The highest BCUT2D eigenvalue weighted by atomic mass is 15.0. The summed E-state index contributed by atoms with van der Waals surface area (Å²) in [5.74, 6) is 1.53. The van der Waals surface area contributed by atoms with Crippen LogP contribution in [0.15, 0.2) is 24.7 Å². The SMILES string of the molecule is Cc1cc[n+](Cc2c[n+](C)c(C)nc2N)cc1C. The Morgan fingerprint density at radius 1 is 1.17 bits per heavy atom. The average Bonchev–Trinajstić information content (AvgIpc) is 2.31. The summed E-state index contributed by atoms with van der Waals surface area (Å²) in [6.07, 6.45) is 6.25. The lowest BCUT2D eigenvalue weighted by Crippen LogP contribution is -2.39. The summed E-state index contributed by atoms with van der Waals surface area (Å²) in [5, 5.41) is 0. The lowest BCUT2D eigenvalue weighted by molar-refractivity contribution is -0.697. The van der Waals surface area contributed by atoms with Crippen molar-refractivity contribution in [2.75, 3.05) is 5.73 Å². The van der Waals surface area contributed by atoms with Gasteiger partial charge in [-0.2, -0.15) is 0 Å². The van der Waals surface area contributed by atoms with Gasteiger partial charge in [0.15, 0.2) is 18.9 Å². The highest BCUT2D eigenvalue weighted by Crippen LogP contribution is 2.06. The van der Waals surface area contributed by atoms with Gasteiger partial charge in [0.05, 0.1) is 7.05 Å². The van der Waals surface area contributed by atoms with Gasteiger partial charge in [-0.05, 0) is 24.4 Å². The van der Waals surface area contributed by atoms with E-state index in [4.69, 9.17) is 5.73 Å². The quantitative estimate of drug-likeness (QED) is 0.792. The second-order valence-corrected chi connectivity index (χ2v) is 4.79. The highest BCUT2D eigenvalue weighted by molar-refractivity contribution is 5.35. The number of rotatable bonds is 2. The van der Waals surface area contributed by atoms with Crippen LogP contribution in [-0.4, -0.2) is 4.98 Å². The van der Waals surface area contributed by atoms with Crippen molar-refractivity contribution >= 4 is 5.82 Å². The molecule has 0 saturated heterocycles. The number of pyridine rings is 1. The first kappa shape index (κ1) is 12.5. The van der Waals surface area contributed by atoms with Crippen molar-refractivity contribution in [2.24, 2.45) is 7.05 Å². The molecule has 0 aliphatic heterocycles. The van der Waals surface area contributed by atoms with E-state index in [1.54, 1.807) is 0 Å². The third-order valence-corrected chi connectivity index (χ3v) is 3.32. The minimum atomic E-state index is 0.608. The van der Waals surface area contributed by atoms with E-state index in [9.17, 15) is 0 Å². The molecule has 2 aromatic rings. The van der Waals surface area contributed by atoms with Crippen molar-refractivity contribution in [2.45, 2.75) is 27.3 Å². The zero-order valence-corrected chi connectivity index (χ0v) is 11.4. The first-order valence-electron chi connectivity index (χ1n) is 6.05. The molecule has 0 radical (unpaired) electrons. The monoisotopic (exact) mass is 244 g/mol. The van der Waals surface area contributed by atoms with E-state index in [-0.39, 0.29) is 0 Å². The molecule has 94 valence electrons. The molecule has 0 aliphatic rings. The maximum atomic E-state index is 5.97. The Morgan fingerprint density at radius 3 is 2.56 bits per heavy atom. The molecule has 2 N–H and O–H groups in total. The zero-order valence-electron chi connectivity index (χ0n) is 11.4. The minimum Gasteiger partial charge on any atom is -0.362 e. The van der Waals surface area contributed by atoms with Gasteiger partial charge in [0.1, 0.15) is 11.8 Å². The minimum absolute atomic E-state index is 0.608. The van der Waals surface area contributed by atoms with Crippen LogP contribution in [0.2, 0.25) is 0 Å². The second kappa shape index (κ2) is 4.72. The molecule has 4 heteroatoms. The summed E-state index contributed by atoms with van der Waals surface area (Å²) < 4.78 is 4.12. The molecule has 4 nitrogen and oxygen atoms in total. The predicted octanol–water partition coefficient (Wildman–Crippen LogP) is 0.749. The van der Waals surface area contributed by atoms with Crippen LogP contribution in [-0.2, 0) is 13.6 Å². The van der Waals surface area contributed by atoms with Gasteiger partial charge in [0.2, 0.25) is 0 Å². The van der Waals surface area contributed by atoms with Crippen molar-refractivity contribution in [1.29, 1.82) is 0 Å². The predicted molar refractivity (Wildman–Crippen MR) is 69.8 cm³/mol. The van der Waals surface area contributed by atoms with E-state index in [2.05, 4.69) is 41.9 Å². The van der Waals surface area contributed by atoms with Crippen molar-refractivity contribution in [1.82, 2.24) is 4.98 Å². The lowest BCUT2D eigenvalue weighted by Gasteiger charge is -2.02. The van der Waals surface area contributed by atoms with E-state index in [1.165, 1.54) is 11.1 Å². The molecule has 0 amide bonds. The molecule has 0 bridgehead atoms. The van der Waals surface area contributed by atoms with Crippen molar-refractivity contribution in [3.05, 3.63) is 47.2 Å². The van der Waals surface area contributed by atoms with Gasteiger partial charge in [0, 0.05) is 18.6 Å². The first-order chi connectivity index (χ1) is 8.47. The number of nitrogens with two attached hydrogens (primary N) is 1. The van der Waals surface area contributed by atoms with Crippen LogP contribution in [0.5, 0.6) is 0 Å². The average molecular weight is 244 g/mol. The van der Waals surface area contributed by atoms with Crippen LogP contribution >= 0.6 is 0 Å². The van der Waals surface area contributed by atoms with Crippen LogP contribution in [0, 0.1) is 20.8 Å². The van der Waals surface area contributed by atoms with Gasteiger partial charge in [-0.15, -0.1) is 0 Å². The number of aryl methyl sites for hydroxylation is 4.